The highest BCUT2D eigenvalue weighted by molar-refractivity contribution is 6.08. The molecule has 1 unspecified atom stereocenters. The molecule has 1 heterocycles. The van der Waals surface area contributed by atoms with E-state index in [4.69, 9.17) is 15.2 Å². The summed E-state index contributed by atoms with van der Waals surface area (Å²) in [5, 5.41) is 0. The van der Waals surface area contributed by atoms with Crippen molar-refractivity contribution in [3.8, 4) is 0 Å². The van der Waals surface area contributed by atoms with Gasteiger partial charge in [0.25, 0.3) is 5.91 Å². The van der Waals surface area contributed by atoms with Crippen molar-refractivity contribution in [2.24, 2.45) is 5.73 Å². The zero-order valence-electron chi connectivity index (χ0n) is 17.5. The van der Waals surface area contributed by atoms with Crippen LogP contribution in [0.25, 0.3) is 0 Å². The van der Waals surface area contributed by atoms with Crippen LogP contribution >= 0.6 is 0 Å². The number of esters is 1. The van der Waals surface area contributed by atoms with Crippen LogP contribution < -0.4 is 5.73 Å². The standard InChI is InChI=1S/C23H23N3O6/c1-25(22(24)29)13-18-12-19(21(28)31-14-16-8-4-2-5-9-16)26(20(18)27)23(30)32-15-17-10-6-3-7-11-17/h2-11,13,19H,12,14-15H2,1H3,(H2,24,29)/b18-13+. The predicted molar refractivity (Wildman–Crippen MR) is 114 cm³/mol. The van der Waals surface area contributed by atoms with Crippen molar-refractivity contribution in [3.05, 3.63) is 83.6 Å². The van der Waals surface area contributed by atoms with Crippen LogP contribution in [0, 0.1) is 0 Å². The third kappa shape index (κ3) is 5.51. The lowest BCUT2D eigenvalue weighted by Gasteiger charge is -2.20. The predicted octanol–water partition coefficient (Wildman–Crippen LogP) is 2.56. The molecule has 1 saturated heterocycles. The maximum Gasteiger partial charge on any atom is 0.417 e. The minimum Gasteiger partial charge on any atom is -0.459 e. The third-order valence-electron chi connectivity index (χ3n) is 4.81. The van der Waals surface area contributed by atoms with Crippen molar-refractivity contribution < 1.29 is 28.7 Å². The number of imide groups is 1. The summed E-state index contributed by atoms with van der Waals surface area (Å²) in [6.45, 7) is -0.0903. The van der Waals surface area contributed by atoms with E-state index in [2.05, 4.69) is 0 Å². The molecule has 0 aliphatic carbocycles. The fraction of sp³-hybridized carbons (Fsp3) is 0.217. The number of nitrogens with zero attached hydrogens (tertiary/aromatic N) is 2. The molecule has 2 aromatic carbocycles. The summed E-state index contributed by atoms with van der Waals surface area (Å²) in [5.74, 6) is -1.51. The maximum atomic E-state index is 12.9. The van der Waals surface area contributed by atoms with E-state index >= 15 is 0 Å². The number of rotatable bonds is 6. The summed E-state index contributed by atoms with van der Waals surface area (Å²) in [6.07, 6.45) is 0.0857. The zero-order valence-corrected chi connectivity index (χ0v) is 17.5. The molecule has 32 heavy (non-hydrogen) atoms. The van der Waals surface area contributed by atoms with E-state index in [1.807, 2.05) is 12.1 Å². The van der Waals surface area contributed by atoms with E-state index in [0.717, 1.165) is 20.9 Å². The van der Waals surface area contributed by atoms with Gasteiger partial charge in [-0.3, -0.25) is 4.79 Å². The molecule has 1 aliphatic heterocycles. The first-order valence-corrected chi connectivity index (χ1v) is 9.84. The Labute approximate surface area is 185 Å². The van der Waals surface area contributed by atoms with Gasteiger partial charge in [0.1, 0.15) is 19.3 Å². The topological polar surface area (TPSA) is 119 Å². The fourth-order valence-electron chi connectivity index (χ4n) is 3.10. The summed E-state index contributed by atoms with van der Waals surface area (Å²) in [7, 11) is 1.36. The molecular formula is C23H23N3O6. The Morgan fingerprint density at radius 2 is 1.53 bits per heavy atom. The first-order valence-electron chi connectivity index (χ1n) is 9.84. The van der Waals surface area contributed by atoms with E-state index in [9.17, 15) is 19.2 Å². The van der Waals surface area contributed by atoms with Crippen LogP contribution in [0.3, 0.4) is 0 Å². The van der Waals surface area contributed by atoms with Gasteiger partial charge >= 0.3 is 18.1 Å². The molecule has 9 heteroatoms. The normalized spacial score (nSPS) is 16.7. The number of primary amides is 1. The Balaban J connectivity index is 1.76. The second-order valence-electron chi connectivity index (χ2n) is 7.13. The van der Waals surface area contributed by atoms with Gasteiger partial charge in [0.2, 0.25) is 0 Å². The molecule has 0 radical (unpaired) electrons. The largest absolute Gasteiger partial charge is 0.459 e. The van der Waals surface area contributed by atoms with Gasteiger partial charge < -0.3 is 20.1 Å². The van der Waals surface area contributed by atoms with Crippen molar-refractivity contribution in [1.29, 1.82) is 0 Å². The molecule has 2 N–H and O–H groups in total. The van der Waals surface area contributed by atoms with Gasteiger partial charge in [-0.15, -0.1) is 0 Å². The first kappa shape index (κ1) is 22.5. The maximum absolute atomic E-state index is 12.9. The molecular weight excluding hydrogens is 414 g/mol. The van der Waals surface area contributed by atoms with Crippen molar-refractivity contribution in [2.45, 2.75) is 25.7 Å². The average molecular weight is 437 g/mol. The number of hydrogen-bond donors (Lipinski definition) is 1. The van der Waals surface area contributed by atoms with Crippen LogP contribution in [0.4, 0.5) is 9.59 Å². The molecule has 0 bridgehead atoms. The quantitative estimate of drug-likeness (QED) is 0.548. The Morgan fingerprint density at radius 1 is 1.00 bits per heavy atom. The lowest BCUT2D eigenvalue weighted by molar-refractivity contribution is -0.152. The van der Waals surface area contributed by atoms with E-state index in [1.54, 1.807) is 48.5 Å². The minimum absolute atomic E-state index is 0.0164. The van der Waals surface area contributed by atoms with Crippen LogP contribution in [-0.2, 0) is 32.3 Å². The molecule has 3 rings (SSSR count). The van der Waals surface area contributed by atoms with E-state index in [1.165, 1.54) is 13.2 Å². The highest BCUT2D eigenvalue weighted by Crippen LogP contribution is 2.27. The van der Waals surface area contributed by atoms with Crippen molar-refractivity contribution in [1.82, 2.24) is 9.80 Å². The lowest BCUT2D eigenvalue weighted by Crippen LogP contribution is -2.44. The molecule has 4 amide bonds. The highest BCUT2D eigenvalue weighted by Gasteiger charge is 2.45. The van der Waals surface area contributed by atoms with Gasteiger partial charge in [-0.1, -0.05) is 60.7 Å². The summed E-state index contributed by atoms with van der Waals surface area (Å²) in [4.78, 5) is 51.4. The van der Waals surface area contributed by atoms with Gasteiger partial charge in [-0.25, -0.2) is 19.3 Å². The molecule has 0 saturated carbocycles. The monoisotopic (exact) mass is 437 g/mol. The van der Waals surface area contributed by atoms with Crippen LogP contribution in [0.5, 0.6) is 0 Å². The summed E-state index contributed by atoms with van der Waals surface area (Å²) < 4.78 is 10.6. The van der Waals surface area contributed by atoms with Crippen LogP contribution in [0.15, 0.2) is 72.4 Å². The number of nitrogens with two attached hydrogens (primary N) is 1. The molecule has 2 aromatic rings. The van der Waals surface area contributed by atoms with Gasteiger partial charge in [0.15, 0.2) is 0 Å². The molecule has 1 aliphatic rings. The third-order valence-corrected chi connectivity index (χ3v) is 4.81. The van der Waals surface area contributed by atoms with Gasteiger partial charge in [0.05, 0.1) is 0 Å². The van der Waals surface area contributed by atoms with Gasteiger partial charge in [-0.2, -0.15) is 0 Å². The number of carbonyl (C=O) groups is 4. The van der Waals surface area contributed by atoms with Gasteiger partial charge in [-0.05, 0) is 11.1 Å². The van der Waals surface area contributed by atoms with E-state index in [-0.39, 0.29) is 25.2 Å². The van der Waals surface area contributed by atoms with Crippen LogP contribution in [0.1, 0.15) is 17.5 Å². The summed E-state index contributed by atoms with van der Waals surface area (Å²) in [6, 6.07) is 15.9. The van der Waals surface area contributed by atoms with Crippen molar-refractivity contribution in [2.75, 3.05) is 7.05 Å². The second kappa shape index (κ2) is 10.3. The number of amides is 4. The Bertz CT molecular complexity index is 1020. The van der Waals surface area contributed by atoms with E-state index in [0.29, 0.717) is 0 Å². The highest BCUT2D eigenvalue weighted by atomic mass is 16.6. The number of carbonyl (C=O) groups excluding carboxylic acids is 4. The molecule has 0 aromatic heterocycles. The number of hydrogen-bond acceptors (Lipinski definition) is 6. The van der Waals surface area contributed by atoms with Crippen LogP contribution in [0.2, 0.25) is 0 Å². The number of ether oxygens (including phenoxy) is 2. The fourth-order valence-corrected chi connectivity index (χ4v) is 3.10. The van der Waals surface area contributed by atoms with Gasteiger partial charge in [0, 0.05) is 25.2 Å². The number of benzene rings is 2. The Kier molecular flexibility index (Phi) is 7.22. The minimum atomic E-state index is -1.22. The average Bonchev–Trinajstić information content (AvgIpc) is 3.13. The SMILES string of the molecule is CN(/C=C1\CC(C(=O)OCc2ccccc2)N(C(=O)OCc2ccccc2)C1=O)C(N)=O. The van der Waals surface area contributed by atoms with Crippen LogP contribution in [-0.4, -0.2) is 46.9 Å². The Hall–Kier alpha value is -4.14. The van der Waals surface area contributed by atoms with Crippen molar-refractivity contribution in [3.63, 3.8) is 0 Å². The molecule has 1 fully saturated rings. The molecule has 166 valence electrons. The smallest absolute Gasteiger partial charge is 0.417 e. The zero-order chi connectivity index (χ0) is 23.1. The summed E-state index contributed by atoms with van der Waals surface area (Å²) in [5.41, 5.74) is 6.75. The number of urea groups is 1. The number of likely N-dealkylation sites (tertiary alicyclic amines) is 1. The second-order valence-corrected chi connectivity index (χ2v) is 7.13. The summed E-state index contributed by atoms with van der Waals surface area (Å²) >= 11 is 0. The Morgan fingerprint density at radius 3 is 2.06 bits per heavy atom. The molecule has 1 atom stereocenters. The lowest BCUT2D eigenvalue weighted by atomic mass is 10.1. The van der Waals surface area contributed by atoms with E-state index < -0.39 is 30.0 Å². The van der Waals surface area contributed by atoms with Crippen molar-refractivity contribution >= 4 is 24.0 Å². The first-order chi connectivity index (χ1) is 15.4. The molecule has 0 spiro atoms. The molecule has 9 nitrogen and oxygen atoms in total.